The Morgan fingerprint density at radius 1 is 0.929 bits per heavy atom. The number of nitrogens with zero attached hydrogens (tertiary/aromatic N) is 2. The monoisotopic (exact) mass is 196 g/mol. The summed E-state index contributed by atoms with van der Waals surface area (Å²) in [4.78, 5) is 5.27. The van der Waals surface area contributed by atoms with Gasteiger partial charge in [-0.15, -0.1) is 0 Å². The maximum Gasteiger partial charge on any atom is 0.00506 e. The molecule has 2 saturated heterocycles. The molecule has 0 saturated carbocycles. The van der Waals surface area contributed by atoms with E-state index in [0.717, 1.165) is 0 Å². The number of rotatable bonds is 2. The molecule has 82 valence electrons. The van der Waals surface area contributed by atoms with Gasteiger partial charge in [-0.25, -0.2) is 0 Å². The van der Waals surface area contributed by atoms with E-state index in [0.29, 0.717) is 5.41 Å². The number of piperidine rings is 1. The van der Waals surface area contributed by atoms with E-state index in [4.69, 9.17) is 0 Å². The molecular formula is C12H24N2. The van der Waals surface area contributed by atoms with Gasteiger partial charge in [-0.1, -0.05) is 13.8 Å². The SMILES string of the molecule is CCN1CCCC2(CCN(CC)C2)C1. The van der Waals surface area contributed by atoms with Crippen LogP contribution in [0, 0.1) is 5.41 Å². The van der Waals surface area contributed by atoms with Gasteiger partial charge in [0, 0.05) is 13.1 Å². The van der Waals surface area contributed by atoms with E-state index in [1.807, 2.05) is 0 Å². The fraction of sp³-hybridized carbons (Fsp3) is 1.00. The van der Waals surface area contributed by atoms with Crippen LogP contribution in [0.3, 0.4) is 0 Å². The second kappa shape index (κ2) is 4.19. The molecule has 14 heavy (non-hydrogen) atoms. The first-order valence-corrected chi connectivity index (χ1v) is 6.23. The third-order valence-electron chi connectivity index (χ3n) is 4.15. The Bertz CT molecular complexity index is 193. The fourth-order valence-corrected chi connectivity index (χ4v) is 3.21. The topological polar surface area (TPSA) is 6.48 Å². The van der Waals surface area contributed by atoms with Gasteiger partial charge >= 0.3 is 0 Å². The highest BCUT2D eigenvalue weighted by atomic mass is 15.2. The van der Waals surface area contributed by atoms with Crippen molar-refractivity contribution in [3.05, 3.63) is 0 Å². The Morgan fingerprint density at radius 2 is 1.57 bits per heavy atom. The van der Waals surface area contributed by atoms with Crippen LogP contribution < -0.4 is 0 Å². The molecule has 2 rings (SSSR count). The Labute approximate surface area is 88.3 Å². The van der Waals surface area contributed by atoms with Crippen LogP contribution in [0.25, 0.3) is 0 Å². The zero-order valence-electron chi connectivity index (χ0n) is 9.76. The van der Waals surface area contributed by atoms with Crippen LogP contribution in [-0.2, 0) is 0 Å². The van der Waals surface area contributed by atoms with E-state index in [2.05, 4.69) is 23.6 Å². The third-order valence-corrected chi connectivity index (χ3v) is 4.15. The van der Waals surface area contributed by atoms with Crippen LogP contribution in [0.15, 0.2) is 0 Å². The van der Waals surface area contributed by atoms with Gasteiger partial charge in [0.1, 0.15) is 0 Å². The molecule has 2 heteroatoms. The highest BCUT2D eigenvalue weighted by Crippen LogP contribution is 2.38. The summed E-state index contributed by atoms with van der Waals surface area (Å²) in [7, 11) is 0. The van der Waals surface area contributed by atoms with Crippen LogP contribution in [-0.4, -0.2) is 49.1 Å². The minimum Gasteiger partial charge on any atom is -0.303 e. The normalized spacial score (nSPS) is 35.6. The summed E-state index contributed by atoms with van der Waals surface area (Å²) in [5, 5.41) is 0. The van der Waals surface area contributed by atoms with Crippen LogP contribution in [0.2, 0.25) is 0 Å². The highest BCUT2D eigenvalue weighted by molar-refractivity contribution is 4.94. The molecule has 2 heterocycles. The molecule has 0 aliphatic carbocycles. The molecule has 0 radical (unpaired) electrons. The second-order valence-electron chi connectivity index (χ2n) is 5.09. The van der Waals surface area contributed by atoms with Gasteiger partial charge in [0.05, 0.1) is 0 Å². The van der Waals surface area contributed by atoms with Gasteiger partial charge in [0.25, 0.3) is 0 Å². The molecule has 2 fully saturated rings. The molecule has 2 aliphatic heterocycles. The average Bonchev–Trinajstić information content (AvgIpc) is 2.61. The summed E-state index contributed by atoms with van der Waals surface area (Å²) < 4.78 is 0. The Morgan fingerprint density at radius 3 is 2.14 bits per heavy atom. The molecule has 0 bridgehead atoms. The molecule has 0 aromatic heterocycles. The number of likely N-dealkylation sites (tertiary alicyclic amines) is 2. The lowest BCUT2D eigenvalue weighted by atomic mass is 9.79. The molecule has 0 aromatic carbocycles. The predicted molar refractivity (Wildman–Crippen MR) is 60.5 cm³/mol. The molecule has 0 N–H and O–H groups in total. The second-order valence-corrected chi connectivity index (χ2v) is 5.09. The average molecular weight is 196 g/mol. The maximum absolute atomic E-state index is 2.64. The summed E-state index contributed by atoms with van der Waals surface area (Å²) in [5.74, 6) is 0. The summed E-state index contributed by atoms with van der Waals surface area (Å²) in [6.45, 7) is 12.5. The molecule has 2 aliphatic rings. The van der Waals surface area contributed by atoms with E-state index < -0.39 is 0 Å². The van der Waals surface area contributed by atoms with Crippen molar-refractivity contribution in [3.63, 3.8) is 0 Å². The van der Waals surface area contributed by atoms with Gasteiger partial charge in [-0.3, -0.25) is 0 Å². The van der Waals surface area contributed by atoms with Crippen molar-refractivity contribution in [3.8, 4) is 0 Å². The Balaban J connectivity index is 1.95. The molecule has 2 nitrogen and oxygen atoms in total. The zero-order valence-corrected chi connectivity index (χ0v) is 9.76. The highest BCUT2D eigenvalue weighted by Gasteiger charge is 2.40. The smallest absolute Gasteiger partial charge is 0.00506 e. The number of hydrogen-bond donors (Lipinski definition) is 0. The zero-order chi connectivity index (χ0) is 10.0. The summed E-state index contributed by atoms with van der Waals surface area (Å²) in [5.41, 5.74) is 0.671. The summed E-state index contributed by atoms with van der Waals surface area (Å²) in [6, 6.07) is 0. The van der Waals surface area contributed by atoms with Crippen LogP contribution in [0.5, 0.6) is 0 Å². The minimum absolute atomic E-state index is 0.671. The van der Waals surface area contributed by atoms with Crippen LogP contribution >= 0.6 is 0 Å². The lowest BCUT2D eigenvalue weighted by Gasteiger charge is -2.40. The minimum atomic E-state index is 0.671. The molecule has 1 atom stereocenters. The molecule has 1 unspecified atom stereocenters. The Kier molecular flexibility index (Phi) is 3.13. The lowest BCUT2D eigenvalue weighted by molar-refractivity contribution is 0.0978. The molecule has 1 spiro atoms. The molecule has 0 amide bonds. The lowest BCUT2D eigenvalue weighted by Crippen LogP contribution is -2.44. The van der Waals surface area contributed by atoms with E-state index >= 15 is 0 Å². The van der Waals surface area contributed by atoms with Crippen molar-refractivity contribution in [1.29, 1.82) is 0 Å². The van der Waals surface area contributed by atoms with Gasteiger partial charge in [0.15, 0.2) is 0 Å². The number of hydrogen-bond acceptors (Lipinski definition) is 2. The summed E-state index contributed by atoms with van der Waals surface area (Å²) in [6.07, 6.45) is 4.34. The van der Waals surface area contributed by atoms with Gasteiger partial charge in [-0.05, 0) is 50.9 Å². The molecular weight excluding hydrogens is 172 g/mol. The standard InChI is InChI=1S/C12H24N2/c1-3-13-8-5-6-12(10-13)7-9-14(4-2)11-12/h3-11H2,1-2H3. The van der Waals surface area contributed by atoms with Crippen molar-refractivity contribution in [2.75, 3.05) is 39.3 Å². The van der Waals surface area contributed by atoms with E-state index in [-0.39, 0.29) is 0 Å². The van der Waals surface area contributed by atoms with Crippen molar-refractivity contribution in [2.24, 2.45) is 5.41 Å². The van der Waals surface area contributed by atoms with Crippen molar-refractivity contribution >= 4 is 0 Å². The van der Waals surface area contributed by atoms with Crippen LogP contribution in [0.1, 0.15) is 33.1 Å². The van der Waals surface area contributed by atoms with Gasteiger partial charge < -0.3 is 9.80 Å². The van der Waals surface area contributed by atoms with Crippen molar-refractivity contribution < 1.29 is 0 Å². The third kappa shape index (κ3) is 1.96. The first-order chi connectivity index (χ1) is 6.78. The molecule has 0 aromatic rings. The van der Waals surface area contributed by atoms with Crippen molar-refractivity contribution in [1.82, 2.24) is 9.80 Å². The largest absolute Gasteiger partial charge is 0.303 e. The van der Waals surface area contributed by atoms with E-state index in [1.165, 1.54) is 58.5 Å². The Hall–Kier alpha value is -0.0800. The van der Waals surface area contributed by atoms with E-state index in [1.54, 1.807) is 0 Å². The fourth-order valence-electron chi connectivity index (χ4n) is 3.21. The maximum atomic E-state index is 2.64. The quantitative estimate of drug-likeness (QED) is 0.664. The van der Waals surface area contributed by atoms with Crippen molar-refractivity contribution in [2.45, 2.75) is 33.1 Å². The van der Waals surface area contributed by atoms with E-state index in [9.17, 15) is 0 Å². The van der Waals surface area contributed by atoms with Gasteiger partial charge in [-0.2, -0.15) is 0 Å². The predicted octanol–water partition coefficient (Wildman–Crippen LogP) is 1.81. The first-order valence-electron chi connectivity index (χ1n) is 6.23. The summed E-state index contributed by atoms with van der Waals surface area (Å²) >= 11 is 0. The first kappa shape index (κ1) is 10.4. The van der Waals surface area contributed by atoms with Crippen LogP contribution in [0.4, 0.5) is 0 Å². The van der Waals surface area contributed by atoms with Gasteiger partial charge in [0.2, 0.25) is 0 Å².